The van der Waals surface area contributed by atoms with Gasteiger partial charge in [0.15, 0.2) is 0 Å². The molecule has 0 aromatic heterocycles. The van der Waals surface area contributed by atoms with Crippen molar-refractivity contribution in [2.45, 2.75) is 80.4 Å². The van der Waals surface area contributed by atoms with E-state index in [1.807, 2.05) is 23.9 Å². The summed E-state index contributed by atoms with van der Waals surface area (Å²) in [6.45, 7) is 0. The van der Waals surface area contributed by atoms with Crippen LogP contribution in [0.1, 0.15) is 64.2 Å². The summed E-state index contributed by atoms with van der Waals surface area (Å²) in [5, 5.41) is 0.467. The van der Waals surface area contributed by atoms with Crippen molar-refractivity contribution in [3.05, 3.63) is 30.1 Å². The van der Waals surface area contributed by atoms with E-state index in [0.29, 0.717) is 5.25 Å². The van der Waals surface area contributed by atoms with E-state index in [1.54, 1.807) is 12.1 Å². The summed E-state index contributed by atoms with van der Waals surface area (Å²) in [4.78, 5) is 1.14. The van der Waals surface area contributed by atoms with Crippen molar-refractivity contribution < 1.29 is 4.39 Å². The predicted octanol–water partition coefficient (Wildman–Crippen LogP) is 5.53. The molecule has 2 unspecified atom stereocenters. The van der Waals surface area contributed by atoms with E-state index < -0.39 is 0 Å². The first-order valence-corrected chi connectivity index (χ1v) is 9.31. The van der Waals surface area contributed by atoms with Gasteiger partial charge in [-0.05, 0) is 37.1 Å². The van der Waals surface area contributed by atoms with Gasteiger partial charge in [-0.3, -0.25) is 0 Å². The smallest absolute Gasteiger partial charge is 0.123 e. The zero-order valence-electron chi connectivity index (χ0n) is 12.9. The Bertz CT molecular complexity index is 393. The first kappa shape index (κ1) is 16.8. The molecule has 21 heavy (non-hydrogen) atoms. The first-order chi connectivity index (χ1) is 10.3. The molecule has 1 saturated carbocycles. The number of halogens is 1. The van der Waals surface area contributed by atoms with Gasteiger partial charge >= 0.3 is 0 Å². The molecule has 1 nitrogen and oxygen atoms in total. The van der Waals surface area contributed by atoms with Crippen LogP contribution in [-0.4, -0.2) is 11.3 Å². The molecule has 1 aliphatic rings. The Morgan fingerprint density at radius 3 is 1.95 bits per heavy atom. The lowest BCUT2D eigenvalue weighted by atomic mass is 9.98. The maximum absolute atomic E-state index is 13.0. The van der Waals surface area contributed by atoms with Gasteiger partial charge in [0.2, 0.25) is 0 Å². The Kier molecular flexibility index (Phi) is 7.59. The highest BCUT2D eigenvalue weighted by atomic mass is 32.2. The maximum atomic E-state index is 13.0. The second kappa shape index (κ2) is 9.47. The summed E-state index contributed by atoms with van der Waals surface area (Å²) in [5.41, 5.74) is 6.44. The fourth-order valence-electron chi connectivity index (χ4n) is 3.02. The Hall–Kier alpha value is -0.540. The predicted molar refractivity (Wildman–Crippen MR) is 90.2 cm³/mol. The Morgan fingerprint density at radius 1 is 0.810 bits per heavy atom. The van der Waals surface area contributed by atoms with Gasteiger partial charge in [-0.25, -0.2) is 4.39 Å². The van der Waals surface area contributed by atoms with E-state index in [2.05, 4.69) is 0 Å². The zero-order chi connectivity index (χ0) is 14.9. The minimum absolute atomic E-state index is 0.164. The number of rotatable bonds is 2. The summed E-state index contributed by atoms with van der Waals surface area (Å²) in [6.07, 6.45) is 13.0. The molecule has 3 heteroatoms. The number of hydrogen-bond acceptors (Lipinski definition) is 2. The summed E-state index contributed by atoms with van der Waals surface area (Å²) < 4.78 is 13.0. The van der Waals surface area contributed by atoms with Crippen molar-refractivity contribution in [2.24, 2.45) is 5.73 Å². The molecule has 0 aliphatic heterocycles. The lowest BCUT2D eigenvalue weighted by Gasteiger charge is -2.24. The van der Waals surface area contributed by atoms with Crippen LogP contribution >= 0.6 is 11.8 Å². The highest BCUT2D eigenvalue weighted by Crippen LogP contribution is 2.31. The van der Waals surface area contributed by atoms with Gasteiger partial charge in [-0.2, -0.15) is 0 Å². The first-order valence-electron chi connectivity index (χ1n) is 8.43. The van der Waals surface area contributed by atoms with Crippen molar-refractivity contribution >= 4 is 11.8 Å². The molecule has 1 aromatic carbocycles. The summed E-state index contributed by atoms with van der Waals surface area (Å²) in [7, 11) is 0. The number of hydrogen-bond donors (Lipinski definition) is 1. The number of benzene rings is 1. The van der Waals surface area contributed by atoms with E-state index in [0.717, 1.165) is 11.3 Å². The molecule has 2 atom stereocenters. The van der Waals surface area contributed by atoms with Crippen LogP contribution in [0, 0.1) is 5.82 Å². The molecule has 0 heterocycles. The van der Waals surface area contributed by atoms with Crippen LogP contribution in [-0.2, 0) is 0 Å². The molecule has 118 valence electrons. The monoisotopic (exact) mass is 309 g/mol. The highest BCUT2D eigenvalue weighted by Gasteiger charge is 2.19. The third-order valence-electron chi connectivity index (χ3n) is 4.35. The van der Waals surface area contributed by atoms with Crippen LogP contribution in [0.25, 0.3) is 0 Å². The SMILES string of the molecule is NC1CCCCCCCCCCC1Sc1ccc(F)cc1. The highest BCUT2D eigenvalue weighted by molar-refractivity contribution is 8.00. The molecule has 1 aliphatic carbocycles. The third-order valence-corrected chi connectivity index (χ3v) is 5.79. The standard InChI is InChI=1S/C18H28FNS/c19-15-11-13-16(14-12-15)21-18-10-8-6-4-2-1-3-5-7-9-17(18)20/h11-14,17-18H,1-10,20H2. The topological polar surface area (TPSA) is 26.0 Å². The molecule has 1 fully saturated rings. The van der Waals surface area contributed by atoms with Gasteiger partial charge in [-0.15, -0.1) is 11.8 Å². The molecule has 2 N–H and O–H groups in total. The van der Waals surface area contributed by atoms with Crippen molar-refractivity contribution in [1.29, 1.82) is 0 Å². The largest absolute Gasteiger partial charge is 0.327 e. The molecule has 2 rings (SSSR count). The number of thioether (sulfide) groups is 1. The second-order valence-corrected chi connectivity index (χ2v) is 7.49. The molecule has 0 bridgehead atoms. The lowest BCUT2D eigenvalue weighted by Crippen LogP contribution is -2.32. The van der Waals surface area contributed by atoms with Gasteiger partial charge < -0.3 is 5.73 Å². The molecule has 0 amide bonds. The fourth-order valence-corrected chi connectivity index (χ4v) is 4.26. The van der Waals surface area contributed by atoms with E-state index in [1.165, 1.54) is 57.8 Å². The quantitative estimate of drug-likeness (QED) is 0.777. The van der Waals surface area contributed by atoms with Crippen LogP contribution in [0.15, 0.2) is 29.2 Å². The summed E-state index contributed by atoms with van der Waals surface area (Å²) >= 11 is 1.84. The Balaban J connectivity index is 1.92. The van der Waals surface area contributed by atoms with Crippen LogP contribution in [0.2, 0.25) is 0 Å². The fraction of sp³-hybridized carbons (Fsp3) is 0.667. The van der Waals surface area contributed by atoms with Crippen LogP contribution in [0.3, 0.4) is 0 Å². The van der Waals surface area contributed by atoms with Gasteiger partial charge in [-0.1, -0.05) is 51.4 Å². The number of nitrogens with two attached hydrogens (primary N) is 1. The van der Waals surface area contributed by atoms with E-state index in [4.69, 9.17) is 5.73 Å². The minimum atomic E-state index is -0.164. The van der Waals surface area contributed by atoms with E-state index in [-0.39, 0.29) is 11.9 Å². The zero-order valence-corrected chi connectivity index (χ0v) is 13.7. The van der Waals surface area contributed by atoms with E-state index >= 15 is 0 Å². The normalized spacial score (nSPS) is 25.8. The average Bonchev–Trinajstić information content (AvgIpc) is 2.48. The Morgan fingerprint density at radius 2 is 1.33 bits per heavy atom. The van der Waals surface area contributed by atoms with Gasteiger partial charge in [0.1, 0.15) is 5.82 Å². The molecule has 1 aromatic rings. The van der Waals surface area contributed by atoms with Crippen molar-refractivity contribution in [3.63, 3.8) is 0 Å². The average molecular weight is 309 g/mol. The minimum Gasteiger partial charge on any atom is -0.327 e. The molecular formula is C18H28FNS. The maximum Gasteiger partial charge on any atom is 0.123 e. The molecule has 0 saturated heterocycles. The second-order valence-electron chi connectivity index (χ2n) is 6.18. The molecule has 0 spiro atoms. The van der Waals surface area contributed by atoms with E-state index in [9.17, 15) is 4.39 Å². The lowest BCUT2D eigenvalue weighted by molar-refractivity contribution is 0.473. The van der Waals surface area contributed by atoms with Crippen LogP contribution in [0.5, 0.6) is 0 Å². The van der Waals surface area contributed by atoms with Crippen molar-refractivity contribution in [3.8, 4) is 0 Å². The Labute approximate surface area is 132 Å². The van der Waals surface area contributed by atoms with Gasteiger partial charge in [0.05, 0.1) is 0 Å². The molecule has 0 radical (unpaired) electrons. The van der Waals surface area contributed by atoms with Gasteiger partial charge in [0.25, 0.3) is 0 Å². The molecular weight excluding hydrogens is 281 g/mol. The van der Waals surface area contributed by atoms with Crippen molar-refractivity contribution in [2.75, 3.05) is 0 Å². The summed E-state index contributed by atoms with van der Waals surface area (Å²) in [5.74, 6) is -0.164. The van der Waals surface area contributed by atoms with Crippen molar-refractivity contribution in [1.82, 2.24) is 0 Å². The van der Waals surface area contributed by atoms with Gasteiger partial charge in [0, 0.05) is 16.2 Å². The summed E-state index contributed by atoms with van der Waals surface area (Å²) in [6, 6.07) is 7.11. The van der Waals surface area contributed by atoms with Crippen LogP contribution < -0.4 is 5.73 Å². The van der Waals surface area contributed by atoms with Crippen LogP contribution in [0.4, 0.5) is 4.39 Å². The third kappa shape index (κ3) is 6.39.